The molecule has 0 aliphatic heterocycles. The van der Waals surface area contributed by atoms with Crippen LogP contribution >= 0.6 is 11.8 Å². The van der Waals surface area contributed by atoms with E-state index in [2.05, 4.69) is 10.2 Å². The van der Waals surface area contributed by atoms with E-state index in [0.29, 0.717) is 13.2 Å². The van der Waals surface area contributed by atoms with Crippen molar-refractivity contribution in [3.8, 4) is 0 Å². The van der Waals surface area contributed by atoms with Gasteiger partial charge in [0.25, 0.3) is 0 Å². The average Bonchev–Trinajstić information content (AvgIpc) is 3.02. The summed E-state index contributed by atoms with van der Waals surface area (Å²) in [4.78, 5) is 14.3. The van der Waals surface area contributed by atoms with E-state index in [9.17, 15) is 4.79 Å². The first kappa shape index (κ1) is 18.5. The number of aryl methyl sites for hydroxylation is 1. The van der Waals surface area contributed by atoms with Gasteiger partial charge in [-0.2, -0.15) is 0 Å². The maximum absolute atomic E-state index is 12.6. The van der Waals surface area contributed by atoms with E-state index in [1.807, 2.05) is 48.9 Å². The van der Waals surface area contributed by atoms with Crippen LogP contribution in [0.5, 0.6) is 0 Å². The monoisotopic (exact) mass is 348 g/mol. The molecule has 0 N–H and O–H groups in total. The van der Waals surface area contributed by atoms with Crippen LogP contribution in [0, 0.1) is 0 Å². The summed E-state index contributed by atoms with van der Waals surface area (Å²) < 4.78 is 7.03. The number of thioether (sulfide) groups is 1. The van der Waals surface area contributed by atoms with Gasteiger partial charge >= 0.3 is 0 Å². The van der Waals surface area contributed by atoms with E-state index in [1.165, 1.54) is 11.8 Å². The summed E-state index contributed by atoms with van der Waals surface area (Å²) in [6, 6.07) is 9.98. The molecule has 1 unspecified atom stereocenters. The first-order valence-corrected chi connectivity index (χ1v) is 8.82. The number of methoxy groups -OCH3 is 1. The van der Waals surface area contributed by atoms with Crippen molar-refractivity contribution < 1.29 is 9.53 Å². The zero-order valence-electron chi connectivity index (χ0n) is 14.4. The van der Waals surface area contributed by atoms with Gasteiger partial charge in [0.15, 0.2) is 5.16 Å². The van der Waals surface area contributed by atoms with Crippen molar-refractivity contribution in [1.82, 2.24) is 19.7 Å². The number of ether oxygens (including phenoxy) is 1. The van der Waals surface area contributed by atoms with Crippen molar-refractivity contribution >= 4 is 17.7 Å². The van der Waals surface area contributed by atoms with Gasteiger partial charge < -0.3 is 14.2 Å². The number of nitrogens with zero attached hydrogens (tertiary/aromatic N) is 4. The summed E-state index contributed by atoms with van der Waals surface area (Å²) in [6.45, 7) is 3.98. The number of carbonyl (C=O) groups is 1. The van der Waals surface area contributed by atoms with Crippen LogP contribution in [0.25, 0.3) is 0 Å². The molecule has 0 spiro atoms. The van der Waals surface area contributed by atoms with Crippen molar-refractivity contribution in [2.45, 2.75) is 36.8 Å². The fourth-order valence-electron chi connectivity index (χ4n) is 2.32. The van der Waals surface area contributed by atoms with Crippen LogP contribution in [0.4, 0.5) is 0 Å². The Kier molecular flexibility index (Phi) is 7.27. The molecule has 1 atom stereocenters. The van der Waals surface area contributed by atoms with Gasteiger partial charge in [0.1, 0.15) is 6.33 Å². The lowest BCUT2D eigenvalue weighted by atomic mass is 10.2. The van der Waals surface area contributed by atoms with Gasteiger partial charge in [0, 0.05) is 33.9 Å². The lowest BCUT2D eigenvalue weighted by molar-refractivity contribution is -0.129. The van der Waals surface area contributed by atoms with Gasteiger partial charge in [0.05, 0.1) is 5.25 Å². The Morgan fingerprint density at radius 2 is 2.12 bits per heavy atom. The highest BCUT2D eigenvalue weighted by molar-refractivity contribution is 8.00. The summed E-state index contributed by atoms with van der Waals surface area (Å²) in [5.41, 5.74) is 1.12. The van der Waals surface area contributed by atoms with Crippen LogP contribution < -0.4 is 0 Å². The summed E-state index contributed by atoms with van der Waals surface area (Å²) in [6.07, 6.45) is 2.58. The summed E-state index contributed by atoms with van der Waals surface area (Å²) >= 11 is 1.44. The topological polar surface area (TPSA) is 60.2 Å². The van der Waals surface area contributed by atoms with E-state index in [4.69, 9.17) is 4.74 Å². The van der Waals surface area contributed by atoms with Gasteiger partial charge in [-0.05, 0) is 18.9 Å². The minimum atomic E-state index is -0.218. The van der Waals surface area contributed by atoms with Gasteiger partial charge in [0.2, 0.25) is 5.91 Å². The molecular weight excluding hydrogens is 324 g/mol. The number of benzene rings is 1. The van der Waals surface area contributed by atoms with E-state index in [0.717, 1.165) is 23.7 Å². The Hall–Kier alpha value is -1.86. The smallest absolute Gasteiger partial charge is 0.235 e. The Morgan fingerprint density at radius 3 is 2.83 bits per heavy atom. The predicted octanol–water partition coefficient (Wildman–Crippen LogP) is 2.45. The third-order valence-corrected chi connectivity index (χ3v) is 4.68. The van der Waals surface area contributed by atoms with Crippen LogP contribution in [0.15, 0.2) is 41.8 Å². The highest BCUT2D eigenvalue weighted by Gasteiger charge is 2.21. The van der Waals surface area contributed by atoms with E-state index in [-0.39, 0.29) is 11.2 Å². The van der Waals surface area contributed by atoms with E-state index in [1.54, 1.807) is 18.3 Å². The standard InChI is InChI=1S/C17H24N4O2S/c1-14(16(22)20(2)12-15-8-5-4-6-9-15)24-17-19-18-13-21(17)10-7-11-23-3/h4-6,8-9,13-14H,7,10-12H2,1-3H3. The molecule has 0 radical (unpaired) electrons. The largest absolute Gasteiger partial charge is 0.385 e. The third-order valence-electron chi connectivity index (χ3n) is 3.60. The van der Waals surface area contributed by atoms with Crippen molar-refractivity contribution in [1.29, 1.82) is 0 Å². The first-order valence-electron chi connectivity index (χ1n) is 7.94. The number of rotatable bonds is 9. The predicted molar refractivity (Wildman–Crippen MR) is 94.8 cm³/mol. The number of hydrogen-bond acceptors (Lipinski definition) is 5. The Balaban J connectivity index is 1.90. The normalized spacial score (nSPS) is 12.1. The third kappa shape index (κ3) is 5.35. The molecule has 1 amide bonds. The molecule has 2 aromatic rings. The Morgan fingerprint density at radius 1 is 1.38 bits per heavy atom. The van der Waals surface area contributed by atoms with E-state index >= 15 is 0 Å². The molecule has 7 heteroatoms. The zero-order valence-corrected chi connectivity index (χ0v) is 15.2. The fraction of sp³-hybridized carbons (Fsp3) is 0.471. The van der Waals surface area contributed by atoms with Crippen molar-refractivity contribution in [3.63, 3.8) is 0 Å². The van der Waals surface area contributed by atoms with Crippen LogP contribution in [-0.2, 0) is 22.6 Å². The molecule has 0 aliphatic carbocycles. The lowest BCUT2D eigenvalue weighted by Crippen LogP contribution is -2.33. The Bertz CT molecular complexity index is 633. The highest BCUT2D eigenvalue weighted by atomic mass is 32.2. The van der Waals surface area contributed by atoms with Crippen LogP contribution in [0.2, 0.25) is 0 Å². The average molecular weight is 348 g/mol. The number of hydrogen-bond donors (Lipinski definition) is 0. The maximum atomic E-state index is 12.6. The molecule has 1 aromatic carbocycles. The molecule has 0 fully saturated rings. The molecule has 1 heterocycles. The summed E-state index contributed by atoms with van der Waals surface area (Å²) in [5, 5.41) is 8.62. The van der Waals surface area contributed by atoms with Gasteiger partial charge in [-0.15, -0.1) is 10.2 Å². The molecule has 0 aliphatic rings. The van der Waals surface area contributed by atoms with Crippen molar-refractivity contribution in [3.05, 3.63) is 42.2 Å². The number of carbonyl (C=O) groups excluding carboxylic acids is 1. The zero-order chi connectivity index (χ0) is 17.4. The SMILES string of the molecule is COCCCn1cnnc1SC(C)C(=O)N(C)Cc1ccccc1. The summed E-state index contributed by atoms with van der Waals surface area (Å²) in [5.74, 6) is 0.0790. The number of amides is 1. The van der Waals surface area contributed by atoms with Crippen molar-refractivity contribution in [2.24, 2.45) is 0 Å². The second-order valence-electron chi connectivity index (χ2n) is 5.59. The molecule has 0 saturated carbocycles. The van der Waals surface area contributed by atoms with Crippen molar-refractivity contribution in [2.75, 3.05) is 20.8 Å². The minimum Gasteiger partial charge on any atom is -0.385 e. The van der Waals surface area contributed by atoms with Crippen LogP contribution in [-0.4, -0.2) is 51.6 Å². The van der Waals surface area contributed by atoms with Gasteiger partial charge in [-0.3, -0.25) is 4.79 Å². The molecule has 6 nitrogen and oxygen atoms in total. The molecule has 24 heavy (non-hydrogen) atoms. The second-order valence-corrected chi connectivity index (χ2v) is 6.90. The van der Waals surface area contributed by atoms with Gasteiger partial charge in [-0.1, -0.05) is 42.1 Å². The quantitative estimate of drug-likeness (QED) is 0.515. The molecular formula is C17H24N4O2S. The Labute approximate surface area is 147 Å². The molecule has 0 saturated heterocycles. The maximum Gasteiger partial charge on any atom is 0.235 e. The molecule has 2 rings (SSSR count). The highest BCUT2D eigenvalue weighted by Crippen LogP contribution is 2.23. The first-order chi connectivity index (χ1) is 11.6. The second kappa shape index (κ2) is 9.44. The molecule has 0 bridgehead atoms. The van der Waals surface area contributed by atoms with Crippen LogP contribution in [0.3, 0.4) is 0 Å². The lowest BCUT2D eigenvalue weighted by Gasteiger charge is -2.21. The summed E-state index contributed by atoms with van der Waals surface area (Å²) in [7, 11) is 3.51. The molecule has 130 valence electrons. The minimum absolute atomic E-state index is 0.0790. The fourth-order valence-corrected chi connectivity index (χ4v) is 3.29. The van der Waals surface area contributed by atoms with Crippen LogP contribution in [0.1, 0.15) is 18.9 Å². The van der Waals surface area contributed by atoms with E-state index < -0.39 is 0 Å². The van der Waals surface area contributed by atoms with Gasteiger partial charge in [-0.25, -0.2) is 0 Å². The number of aromatic nitrogens is 3. The molecule has 1 aromatic heterocycles.